The minimum absolute atomic E-state index is 0.0711. The second kappa shape index (κ2) is 9.87. The molecular formula is C22H29N3O3S2. The maximum atomic E-state index is 12.3. The van der Waals surface area contributed by atoms with Crippen molar-refractivity contribution < 1.29 is 8.42 Å². The first-order valence-corrected chi connectivity index (χ1v) is 12.4. The molecule has 1 N–H and O–H groups in total. The molecule has 0 saturated heterocycles. The summed E-state index contributed by atoms with van der Waals surface area (Å²) in [4.78, 5) is 14.3. The van der Waals surface area contributed by atoms with Crippen LogP contribution in [0.25, 0.3) is 10.2 Å². The molecule has 0 unspecified atom stereocenters. The van der Waals surface area contributed by atoms with Crippen molar-refractivity contribution in [3.8, 4) is 0 Å². The van der Waals surface area contributed by atoms with Crippen molar-refractivity contribution in [2.75, 3.05) is 26.7 Å². The fourth-order valence-corrected chi connectivity index (χ4v) is 5.29. The van der Waals surface area contributed by atoms with Crippen molar-refractivity contribution in [3.05, 3.63) is 63.3 Å². The van der Waals surface area contributed by atoms with Crippen LogP contribution >= 0.6 is 11.3 Å². The molecule has 8 heteroatoms. The van der Waals surface area contributed by atoms with Gasteiger partial charge in [-0.3, -0.25) is 4.79 Å². The zero-order valence-electron chi connectivity index (χ0n) is 17.7. The van der Waals surface area contributed by atoms with Gasteiger partial charge in [-0.15, -0.1) is 0 Å². The number of thiazole rings is 1. The molecule has 0 radical (unpaired) electrons. The fraction of sp³-hybridized carbons (Fsp3) is 0.409. The van der Waals surface area contributed by atoms with Crippen LogP contribution in [0.4, 0.5) is 0 Å². The Morgan fingerprint density at radius 3 is 2.53 bits per heavy atom. The third-order valence-electron chi connectivity index (χ3n) is 5.23. The molecule has 162 valence electrons. The van der Waals surface area contributed by atoms with Crippen LogP contribution in [0.3, 0.4) is 0 Å². The van der Waals surface area contributed by atoms with E-state index in [9.17, 15) is 13.2 Å². The predicted molar refractivity (Wildman–Crippen MR) is 124 cm³/mol. The Labute approximate surface area is 182 Å². The second-order valence-electron chi connectivity index (χ2n) is 7.70. The number of aryl methyl sites for hydroxylation is 3. The minimum atomic E-state index is -3.45. The van der Waals surface area contributed by atoms with Gasteiger partial charge in [0.15, 0.2) is 0 Å². The molecule has 0 aliphatic heterocycles. The highest BCUT2D eigenvalue weighted by Crippen LogP contribution is 2.19. The van der Waals surface area contributed by atoms with Gasteiger partial charge in [-0.25, -0.2) is 13.1 Å². The van der Waals surface area contributed by atoms with Gasteiger partial charge in [0.1, 0.15) is 0 Å². The number of aromatic nitrogens is 1. The van der Waals surface area contributed by atoms with Crippen LogP contribution < -0.4 is 9.60 Å². The number of hydrogen-bond acceptors (Lipinski definition) is 5. The number of hydrogen-bond donors (Lipinski definition) is 1. The molecule has 6 nitrogen and oxygen atoms in total. The highest BCUT2D eigenvalue weighted by molar-refractivity contribution is 7.89. The van der Waals surface area contributed by atoms with Crippen LogP contribution in [0, 0.1) is 6.92 Å². The predicted octanol–water partition coefficient (Wildman–Crippen LogP) is 3.14. The molecule has 0 bridgehead atoms. The Kier molecular flexibility index (Phi) is 7.46. The van der Waals surface area contributed by atoms with Crippen molar-refractivity contribution in [2.24, 2.45) is 7.05 Å². The first-order chi connectivity index (χ1) is 14.3. The van der Waals surface area contributed by atoms with Crippen LogP contribution in [0.5, 0.6) is 0 Å². The monoisotopic (exact) mass is 447 g/mol. The lowest BCUT2D eigenvalue weighted by Gasteiger charge is -2.17. The third kappa shape index (κ3) is 5.78. The number of likely N-dealkylation sites (N-methyl/N-ethyl adjacent to an activating group) is 1. The van der Waals surface area contributed by atoms with Crippen molar-refractivity contribution in [1.29, 1.82) is 0 Å². The molecule has 0 saturated carbocycles. The van der Waals surface area contributed by atoms with Crippen LogP contribution in [0.2, 0.25) is 0 Å². The number of nitrogens with zero attached hydrogens (tertiary/aromatic N) is 2. The topological polar surface area (TPSA) is 71.4 Å². The van der Waals surface area contributed by atoms with Crippen molar-refractivity contribution >= 4 is 31.6 Å². The van der Waals surface area contributed by atoms with E-state index >= 15 is 0 Å². The molecule has 0 atom stereocenters. The quantitative estimate of drug-likeness (QED) is 0.485. The first-order valence-electron chi connectivity index (χ1n) is 10.1. The van der Waals surface area contributed by atoms with E-state index in [4.69, 9.17) is 0 Å². The lowest BCUT2D eigenvalue weighted by atomic mass is 10.1. The summed E-state index contributed by atoms with van der Waals surface area (Å²) in [7, 11) is 0.358. The van der Waals surface area contributed by atoms with E-state index in [1.54, 1.807) is 35.9 Å². The average molecular weight is 448 g/mol. The van der Waals surface area contributed by atoms with Crippen LogP contribution in [0.1, 0.15) is 24.0 Å². The van der Waals surface area contributed by atoms with Gasteiger partial charge >= 0.3 is 4.87 Å². The molecule has 30 heavy (non-hydrogen) atoms. The summed E-state index contributed by atoms with van der Waals surface area (Å²) < 4.78 is 30.0. The summed E-state index contributed by atoms with van der Waals surface area (Å²) in [6.07, 6.45) is 3.05. The molecular weight excluding hydrogens is 418 g/mol. The molecule has 3 aromatic rings. The van der Waals surface area contributed by atoms with E-state index in [0.29, 0.717) is 18.0 Å². The lowest BCUT2D eigenvalue weighted by molar-refractivity contribution is 0.330. The van der Waals surface area contributed by atoms with Crippen LogP contribution in [-0.2, 0) is 23.5 Å². The molecule has 0 aliphatic carbocycles. The Hall–Kier alpha value is -2.00. The largest absolute Gasteiger partial charge is 0.307 e. The number of unbranched alkanes of at least 4 members (excludes halogenated alkanes) is 1. The standard InChI is InChI=1S/C22H29N3O3S2/c1-17-7-10-19(11-8-17)30(27,28)23-13-15-24(2)14-5-4-6-18-9-12-20-21(16-18)29-22(26)25(20)3/h7-12,16,23H,4-6,13-15H2,1-3H3. The van der Waals surface area contributed by atoms with Crippen LogP contribution in [-0.4, -0.2) is 44.6 Å². The van der Waals surface area contributed by atoms with E-state index < -0.39 is 10.0 Å². The van der Waals surface area contributed by atoms with E-state index in [1.807, 2.05) is 20.0 Å². The van der Waals surface area contributed by atoms with Gasteiger partial charge in [-0.1, -0.05) is 35.1 Å². The van der Waals surface area contributed by atoms with E-state index in [-0.39, 0.29) is 4.87 Å². The van der Waals surface area contributed by atoms with Crippen LogP contribution in [0.15, 0.2) is 52.2 Å². The van der Waals surface area contributed by atoms with E-state index in [1.165, 1.54) is 16.9 Å². The summed E-state index contributed by atoms with van der Waals surface area (Å²) >= 11 is 1.29. The fourth-order valence-electron chi connectivity index (χ4n) is 3.33. The smallest absolute Gasteiger partial charge is 0.305 e. The Balaban J connectivity index is 1.38. The van der Waals surface area contributed by atoms with Gasteiger partial charge in [0.25, 0.3) is 0 Å². The molecule has 1 heterocycles. The summed E-state index contributed by atoms with van der Waals surface area (Å²) in [6, 6.07) is 13.1. The van der Waals surface area contributed by atoms with Gasteiger partial charge < -0.3 is 9.47 Å². The lowest BCUT2D eigenvalue weighted by Crippen LogP contribution is -2.33. The summed E-state index contributed by atoms with van der Waals surface area (Å²) in [6.45, 7) is 3.89. The molecule has 0 fully saturated rings. The van der Waals surface area contributed by atoms with Gasteiger partial charge in [0, 0.05) is 20.1 Å². The molecule has 0 spiro atoms. The highest BCUT2D eigenvalue weighted by Gasteiger charge is 2.13. The minimum Gasteiger partial charge on any atom is -0.305 e. The molecule has 0 amide bonds. The molecule has 1 aromatic heterocycles. The second-order valence-corrected chi connectivity index (χ2v) is 10.5. The van der Waals surface area contributed by atoms with E-state index in [0.717, 1.165) is 41.6 Å². The number of sulfonamides is 1. The zero-order chi connectivity index (χ0) is 21.7. The number of rotatable bonds is 10. The number of nitrogens with one attached hydrogen (secondary N) is 1. The maximum Gasteiger partial charge on any atom is 0.307 e. The maximum absolute atomic E-state index is 12.3. The summed E-state index contributed by atoms with van der Waals surface area (Å²) in [5.41, 5.74) is 3.27. The van der Waals surface area contributed by atoms with Crippen molar-refractivity contribution in [2.45, 2.75) is 31.1 Å². The Bertz CT molecular complexity index is 1150. The SMILES string of the molecule is Cc1ccc(S(=O)(=O)NCCN(C)CCCCc2ccc3c(c2)sc(=O)n3C)cc1. The number of benzene rings is 2. The van der Waals surface area contributed by atoms with Gasteiger partial charge in [-0.05, 0) is 69.6 Å². The number of fused-ring (bicyclic) bond motifs is 1. The Morgan fingerprint density at radius 1 is 1.07 bits per heavy atom. The third-order valence-corrected chi connectivity index (χ3v) is 7.70. The van der Waals surface area contributed by atoms with Crippen molar-refractivity contribution in [1.82, 2.24) is 14.2 Å². The summed E-state index contributed by atoms with van der Waals surface area (Å²) in [5.74, 6) is 0. The zero-order valence-corrected chi connectivity index (χ0v) is 19.4. The Morgan fingerprint density at radius 2 is 1.80 bits per heavy atom. The normalized spacial score (nSPS) is 12.1. The van der Waals surface area contributed by atoms with Crippen molar-refractivity contribution in [3.63, 3.8) is 0 Å². The van der Waals surface area contributed by atoms with Gasteiger partial charge in [-0.2, -0.15) is 0 Å². The summed E-state index contributed by atoms with van der Waals surface area (Å²) in [5, 5.41) is 0. The first kappa shape index (κ1) is 22.7. The molecule has 0 aliphatic rings. The highest BCUT2D eigenvalue weighted by atomic mass is 32.2. The average Bonchev–Trinajstić information content (AvgIpc) is 2.99. The van der Waals surface area contributed by atoms with Gasteiger partial charge in [0.2, 0.25) is 10.0 Å². The van der Waals surface area contributed by atoms with E-state index in [2.05, 4.69) is 21.8 Å². The van der Waals surface area contributed by atoms with Gasteiger partial charge in [0.05, 0.1) is 15.1 Å². The molecule has 3 rings (SSSR count). The molecule has 2 aromatic carbocycles.